The first kappa shape index (κ1) is 32.7. The molecule has 5 atom stereocenters. The molecule has 2 N–H and O–H groups in total. The molecule has 9 heteroatoms. The van der Waals surface area contributed by atoms with E-state index >= 15 is 0 Å². The highest BCUT2D eigenvalue weighted by Gasteiger charge is 2.69. The summed E-state index contributed by atoms with van der Waals surface area (Å²) in [7, 11) is 0. The van der Waals surface area contributed by atoms with Crippen LogP contribution in [0.15, 0.2) is 11.6 Å². The molecule has 2 unspecified atom stereocenters. The number of nitrogens with two attached hydrogens (primary N) is 1. The Morgan fingerprint density at radius 2 is 1.66 bits per heavy atom. The minimum atomic E-state index is -1.04. The lowest BCUT2D eigenvalue weighted by molar-refractivity contribution is -0.159. The summed E-state index contributed by atoms with van der Waals surface area (Å²) < 4.78 is 5.49. The van der Waals surface area contributed by atoms with Crippen molar-refractivity contribution in [3.8, 4) is 0 Å². The minimum Gasteiger partial charge on any atom is -0.460 e. The van der Waals surface area contributed by atoms with E-state index < -0.39 is 41.1 Å². The number of ether oxygens (including phenoxy) is 1. The average Bonchev–Trinajstić information content (AvgIpc) is 3.13. The first-order valence-corrected chi connectivity index (χ1v) is 15.0. The maximum absolute atomic E-state index is 14.0. The summed E-state index contributed by atoms with van der Waals surface area (Å²) in [6.07, 6.45) is 4.86. The highest BCUT2D eigenvalue weighted by atomic mass is 16.6. The average molecular weight is 573 g/mol. The lowest BCUT2D eigenvalue weighted by atomic mass is 9.76. The van der Waals surface area contributed by atoms with E-state index in [-0.39, 0.29) is 60.4 Å². The van der Waals surface area contributed by atoms with Gasteiger partial charge in [-0.1, -0.05) is 38.7 Å². The standard InChI is InChI=1S/C32H48N2O7/c1-18(2)13-22(35)12-11-20(16-25(37)41-31(3,4)5)30(40)34-17-23-26(32(23,6)7)27(34)24(36)15-21(28(38)29(33)39)14-19-9-8-10-19/h13,19-21,23,26-27H,8-12,14-17H2,1-7H3,(H2,33,39)/t20-,21?,23?,26+,27-/m1/s1. The number of amides is 2. The third kappa shape index (κ3) is 8.13. The van der Waals surface area contributed by atoms with E-state index in [1.54, 1.807) is 25.7 Å². The molecular weight excluding hydrogens is 524 g/mol. The number of carbonyl (C=O) groups is 6. The first-order chi connectivity index (χ1) is 18.9. The van der Waals surface area contributed by atoms with E-state index in [4.69, 9.17) is 10.5 Å². The molecule has 3 aliphatic rings. The van der Waals surface area contributed by atoms with Crippen LogP contribution in [0.3, 0.4) is 0 Å². The molecule has 228 valence electrons. The van der Waals surface area contributed by atoms with Crippen molar-refractivity contribution in [2.45, 2.75) is 111 Å². The van der Waals surface area contributed by atoms with Crippen LogP contribution in [0.5, 0.6) is 0 Å². The molecule has 1 aliphatic heterocycles. The highest BCUT2D eigenvalue weighted by Crippen LogP contribution is 2.65. The third-order valence-corrected chi connectivity index (χ3v) is 9.10. The van der Waals surface area contributed by atoms with Crippen LogP contribution in [-0.2, 0) is 33.5 Å². The quantitative estimate of drug-likeness (QED) is 0.189. The van der Waals surface area contributed by atoms with Gasteiger partial charge in [-0.15, -0.1) is 0 Å². The molecule has 2 amide bonds. The second kappa shape index (κ2) is 12.6. The summed E-state index contributed by atoms with van der Waals surface area (Å²) in [5.41, 5.74) is 5.30. The molecule has 3 fully saturated rings. The number of fused-ring (bicyclic) bond motifs is 1. The topological polar surface area (TPSA) is 141 Å². The molecule has 0 spiro atoms. The molecule has 0 bridgehead atoms. The zero-order chi connectivity index (χ0) is 30.9. The van der Waals surface area contributed by atoms with Crippen LogP contribution in [0.2, 0.25) is 0 Å². The van der Waals surface area contributed by atoms with Gasteiger partial charge in [-0.05, 0) is 76.7 Å². The van der Waals surface area contributed by atoms with E-state index in [0.717, 1.165) is 24.8 Å². The highest BCUT2D eigenvalue weighted by molar-refractivity contribution is 6.36. The Labute approximate surface area is 244 Å². The molecule has 0 radical (unpaired) electrons. The van der Waals surface area contributed by atoms with Crippen LogP contribution in [0, 0.1) is 35.0 Å². The summed E-state index contributed by atoms with van der Waals surface area (Å²) in [6.45, 7) is 13.4. The van der Waals surface area contributed by atoms with Gasteiger partial charge in [0.2, 0.25) is 11.7 Å². The van der Waals surface area contributed by atoms with Gasteiger partial charge >= 0.3 is 5.97 Å². The van der Waals surface area contributed by atoms with E-state index in [1.807, 2.05) is 13.8 Å². The lowest BCUT2D eigenvalue weighted by Crippen LogP contribution is -2.49. The van der Waals surface area contributed by atoms with Crippen molar-refractivity contribution in [2.24, 2.45) is 40.7 Å². The molecule has 9 nitrogen and oxygen atoms in total. The minimum absolute atomic E-state index is 0.0681. The predicted octanol–water partition coefficient (Wildman–Crippen LogP) is 3.95. The Morgan fingerprint density at radius 3 is 2.17 bits per heavy atom. The SMILES string of the molecule is CC(C)=CC(=O)CC[C@H](CC(=O)OC(C)(C)C)C(=O)N1CC2[C@@H]([C@H]1C(=O)CC(CC1CCC1)C(=O)C(N)=O)C2(C)C. The summed E-state index contributed by atoms with van der Waals surface area (Å²) in [5, 5.41) is 0. The van der Waals surface area contributed by atoms with Gasteiger partial charge < -0.3 is 15.4 Å². The maximum atomic E-state index is 14.0. The van der Waals surface area contributed by atoms with Crippen molar-refractivity contribution in [2.75, 3.05) is 6.54 Å². The van der Waals surface area contributed by atoms with Gasteiger partial charge in [-0.25, -0.2) is 0 Å². The molecule has 3 rings (SSSR count). The molecule has 2 saturated carbocycles. The summed E-state index contributed by atoms with van der Waals surface area (Å²) in [4.78, 5) is 79.2. The third-order valence-electron chi connectivity index (χ3n) is 9.10. The van der Waals surface area contributed by atoms with Crippen molar-refractivity contribution >= 4 is 35.1 Å². The van der Waals surface area contributed by atoms with Crippen LogP contribution in [0.1, 0.15) is 99.8 Å². The summed E-state index contributed by atoms with van der Waals surface area (Å²) >= 11 is 0. The zero-order valence-corrected chi connectivity index (χ0v) is 25.8. The number of carbonyl (C=O) groups excluding carboxylic acids is 6. The number of hydrogen-bond acceptors (Lipinski definition) is 7. The first-order valence-electron chi connectivity index (χ1n) is 15.0. The van der Waals surface area contributed by atoms with Crippen molar-refractivity contribution < 1.29 is 33.5 Å². The molecule has 1 saturated heterocycles. The van der Waals surface area contributed by atoms with Crippen LogP contribution >= 0.6 is 0 Å². The fourth-order valence-corrected chi connectivity index (χ4v) is 6.70. The van der Waals surface area contributed by atoms with Crippen molar-refractivity contribution in [1.82, 2.24) is 4.90 Å². The van der Waals surface area contributed by atoms with Gasteiger partial charge in [0, 0.05) is 31.2 Å². The smallest absolute Gasteiger partial charge is 0.307 e. The fraction of sp³-hybridized carbons (Fsp3) is 0.750. The van der Waals surface area contributed by atoms with Crippen LogP contribution in [0.25, 0.3) is 0 Å². The van der Waals surface area contributed by atoms with E-state index in [9.17, 15) is 28.8 Å². The van der Waals surface area contributed by atoms with E-state index in [1.165, 1.54) is 6.08 Å². The number of piperidine rings is 1. The number of esters is 1. The number of Topliss-reactive ketones (excluding diaryl/α,β-unsaturated/α-hetero) is 2. The predicted molar refractivity (Wildman–Crippen MR) is 153 cm³/mol. The number of allylic oxidation sites excluding steroid dienone is 2. The van der Waals surface area contributed by atoms with Gasteiger partial charge in [0.05, 0.1) is 12.5 Å². The second-order valence-corrected chi connectivity index (χ2v) is 14.2. The number of hydrogen-bond donors (Lipinski definition) is 1. The Morgan fingerprint density at radius 1 is 1.02 bits per heavy atom. The van der Waals surface area contributed by atoms with E-state index in [2.05, 4.69) is 13.8 Å². The van der Waals surface area contributed by atoms with Crippen molar-refractivity contribution in [3.05, 3.63) is 11.6 Å². The van der Waals surface area contributed by atoms with Crippen LogP contribution in [0.4, 0.5) is 0 Å². The van der Waals surface area contributed by atoms with Gasteiger partial charge in [0.15, 0.2) is 11.6 Å². The van der Waals surface area contributed by atoms with Crippen LogP contribution < -0.4 is 5.73 Å². The Balaban J connectivity index is 1.83. The molecule has 0 aromatic rings. The van der Waals surface area contributed by atoms with E-state index in [0.29, 0.717) is 18.9 Å². The van der Waals surface area contributed by atoms with Gasteiger partial charge in [0.25, 0.3) is 5.91 Å². The number of rotatable bonds is 14. The second-order valence-electron chi connectivity index (χ2n) is 14.2. The molecule has 0 aromatic heterocycles. The van der Waals surface area contributed by atoms with Crippen LogP contribution in [-0.4, -0.2) is 58.2 Å². The largest absolute Gasteiger partial charge is 0.460 e. The monoisotopic (exact) mass is 572 g/mol. The molecule has 41 heavy (non-hydrogen) atoms. The summed E-state index contributed by atoms with van der Waals surface area (Å²) in [6, 6.07) is -0.748. The Bertz CT molecular complexity index is 1110. The van der Waals surface area contributed by atoms with Gasteiger partial charge in [-0.2, -0.15) is 0 Å². The van der Waals surface area contributed by atoms with Crippen molar-refractivity contribution in [1.29, 1.82) is 0 Å². The number of likely N-dealkylation sites (tertiary alicyclic amines) is 1. The Kier molecular flexibility index (Phi) is 10.0. The Hall–Kier alpha value is -2.84. The normalized spacial score (nSPS) is 24.4. The molecule has 1 heterocycles. The zero-order valence-electron chi connectivity index (χ0n) is 25.8. The number of primary amides is 1. The lowest BCUT2D eigenvalue weighted by Gasteiger charge is -2.34. The fourth-order valence-electron chi connectivity index (χ4n) is 6.70. The molecular formula is C32H48N2O7. The van der Waals surface area contributed by atoms with Gasteiger partial charge in [-0.3, -0.25) is 28.8 Å². The van der Waals surface area contributed by atoms with Crippen molar-refractivity contribution in [3.63, 3.8) is 0 Å². The summed E-state index contributed by atoms with van der Waals surface area (Å²) in [5.74, 6) is -4.30. The maximum Gasteiger partial charge on any atom is 0.307 e. The number of nitrogens with zero attached hydrogens (tertiary/aromatic N) is 1. The number of ketones is 3. The molecule has 0 aromatic carbocycles. The molecule has 2 aliphatic carbocycles. The van der Waals surface area contributed by atoms with Gasteiger partial charge in [0.1, 0.15) is 5.60 Å².